The highest BCUT2D eigenvalue weighted by atomic mass is 16.6. The van der Waals surface area contributed by atoms with E-state index in [0.29, 0.717) is 37.4 Å². The molecule has 0 amide bonds. The Morgan fingerprint density at radius 2 is 2.24 bits per heavy atom. The van der Waals surface area contributed by atoms with E-state index in [-0.39, 0.29) is 12.2 Å². The van der Waals surface area contributed by atoms with Gasteiger partial charge >= 0.3 is 11.7 Å². The van der Waals surface area contributed by atoms with Crippen molar-refractivity contribution in [2.24, 2.45) is 5.41 Å². The van der Waals surface area contributed by atoms with E-state index in [1.54, 1.807) is 23.4 Å². The Bertz CT molecular complexity index is 583. The van der Waals surface area contributed by atoms with Gasteiger partial charge in [-0.2, -0.15) is 5.10 Å². The first-order chi connectivity index (χ1) is 9.80. The van der Waals surface area contributed by atoms with E-state index in [1.165, 1.54) is 0 Å². The zero-order valence-electron chi connectivity index (χ0n) is 12.5. The number of piperidine rings is 1. The molecular weight excluding hydrogens is 276 g/mol. The van der Waals surface area contributed by atoms with Gasteiger partial charge < -0.3 is 10.0 Å². The van der Waals surface area contributed by atoms with Crippen LogP contribution in [0.5, 0.6) is 0 Å². The number of aryl methyl sites for hydroxylation is 2. The van der Waals surface area contributed by atoms with Gasteiger partial charge in [0, 0.05) is 19.6 Å². The fourth-order valence-electron chi connectivity index (χ4n) is 2.90. The summed E-state index contributed by atoms with van der Waals surface area (Å²) in [6.45, 7) is 6.52. The van der Waals surface area contributed by atoms with Gasteiger partial charge in [-0.1, -0.05) is 0 Å². The van der Waals surface area contributed by atoms with Gasteiger partial charge in [0.2, 0.25) is 5.82 Å². The number of hydrogen-bond donors (Lipinski definition) is 1. The molecule has 2 heterocycles. The van der Waals surface area contributed by atoms with Crippen molar-refractivity contribution >= 4 is 17.5 Å². The highest BCUT2D eigenvalue weighted by Crippen LogP contribution is 2.37. The highest BCUT2D eigenvalue weighted by Gasteiger charge is 2.41. The van der Waals surface area contributed by atoms with Crippen LogP contribution in [0.25, 0.3) is 0 Å². The second-order valence-electron chi connectivity index (χ2n) is 5.72. The van der Waals surface area contributed by atoms with Gasteiger partial charge in [-0.15, -0.1) is 0 Å². The van der Waals surface area contributed by atoms with Crippen LogP contribution in [-0.2, 0) is 11.3 Å². The number of carboxylic acids is 1. The largest absolute Gasteiger partial charge is 0.481 e. The maximum atomic E-state index is 11.4. The van der Waals surface area contributed by atoms with E-state index in [0.717, 1.165) is 0 Å². The molecule has 2 rings (SSSR count). The number of carbonyl (C=O) groups is 1. The average molecular weight is 296 g/mol. The predicted molar refractivity (Wildman–Crippen MR) is 76.5 cm³/mol. The zero-order valence-corrected chi connectivity index (χ0v) is 12.5. The summed E-state index contributed by atoms with van der Waals surface area (Å²) in [5.41, 5.74) is -0.547. The highest BCUT2D eigenvalue weighted by molar-refractivity contribution is 5.76. The molecule has 1 fully saturated rings. The number of aliphatic carboxylic acids is 1. The lowest BCUT2D eigenvalue weighted by Crippen LogP contribution is -2.47. The molecule has 0 aliphatic carbocycles. The Morgan fingerprint density at radius 1 is 1.57 bits per heavy atom. The molecule has 8 heteroatoms. The molecule has 0 radical (unpaired) electrons. The number of anilines is 1. The summed E-state index contributed by atoms with van der Waals surface area (Å²) in [5.74, 6) is -0.443. The first-order valence-electron chi connectivity index (χ1n) is 7.00. The van der Waals surface area contributed by atoms with Crippen molar-refractivity contribution in [2.45, 2.75) is 40.2 Å². The minimum absolute atomic E-state index is 0.0218. The number of aromatic nitrogens is 2. The quantitative estimate of drug-likeness (QED) is 0.671. The SMILES string of the molecule is CCn1nc(C)c([N+](=O)[O-])c1N1CCCC(C)(C(=O)O)C1. The summed E-state index contributed by atoms with van der Waals surface area (Å²) in [6.07, 6.45) is 1.26. The van der Waals surface area contributed by atoms with Crippen LogP contribution in [0.1, 0.15) is 32.4 Å². The van der Waals surface area contributed by atoms with Crippen molar-refractivity contribution < 1.29 is 14.8 Å². The molecule has 1 aromatic heterocycles. The molecule has 0 spiro atoms. The minimum atomic E-state index is -0.886. The minimum Gasteiger partial charge on any atom is -0.481 e. The first kappa shape index (κ1) is 15.3. The molecule has 1 atom stereocenters. The molecule has 1 aliphatic heterocycles. The van der Waals surface area contributed by atoms with Crippen LogP contribution in [0.2, 0.25) is 0 Å². The summed E-state index contributed by atoms with van der Waals surface area (Å²) in [4.78, 5) is 24.1. The third-order valence-corrected chi connectivity index (χ3v) is 4.06. The van der Waals surface area contributed by atoms with Gasteiger partial charge in [-0.25, -0.2) is 4.68 Å². The normalized spacial score (nSPS) is 22.3. The lowest BCUT2D eigenvalue weighted by molar-refractivity contribution is -0.384. The summed E-state index contributed by atoms with van der Waals surface area (Å²) in [5, 5.41) is 24.9. The second kappa shape index (κ2) is 5.34. The van der Waals surface area contributed by atoms with Crippen molar-refractivity contribution in [3.8, 4) is 0 Å². The van der Waals surface area contributed by atoms with Gasteiger partial charge in [-0.05, 0) is 33.6 Å². The van der Waals surface area contributed by atoms with Crippen LogP contribution in [0.15, 0.2) is 0 Å². The molecule has 1 aromatic rings. The first-order valence-corrected chi connectivity index (χ1v) is 7.00. The molecular formula is C13H20N4O4. The summed E-state index contributed by atoms with van der Waals surface area (Å²) in [6, 6.07) is 0. The van der Waals surface area contributed by atoms with Crippen LogP contribution in [-0.4, -0.2) is 38.9 Å². The van der Waals surface area contributed by atoms with Crippen molar-refractivity contribution in [3.05, 3.63) is 15.8 Å². The van der Waals surface area contributed by atoms with Gasteiger partial charge in [0.1, 0.15) is 5.69 Å². The number of rotatable bonds is 4. The van der Waals surface area contributed by atoms with Crippen molar-refractivity contribution in [3.63, 3.8) is 0 Å². The fourth-order valence-corrected chi connectivity index (χ4v) is 2.90. The lowest BCUT2D eigenvalue weighted by atomic mass is 9.82. The molecule has 21 heavy (non-hydrogen) atoms. The molecule has 0 aromatic carbocycles. The maximum Gasteiger partial charge on any atom is 0.333 e. The van der Waals surface area contributed by atoms with Gasteiger partial charge in [-0.3, -0.25) is 14.9 Å². The Balaban J connectivity index is 2.46. The van der Waals surface area contributed by atoms with E-state index in [1.807, 2.05) is 6.92 Å². The zero-order chi connectivity index (χ0) is 15.8. The van der Waals surface area contributed by atoms with E-state index in [4.69, 9.17) is 0 Å². The molecule has 116 valence electrons. The smallest absolute Gasteiger partial charge is 0.333 e. The molecule has 1 N–H and O–H groups in total. The predicted octanol–water partition coefficient (Wildman–Crippen LogP) is 1.81. The van der Waals surface area contributed by atoms with E-state index in [9.17, 15) is 20.0 Å². The van der Waals surface area contributed by atoms with Crippen molar-refractivity contribution in [1.82, 2.24) is 9.78 Å². The number of hydrogen-bond acceptors (Lipinski definition) is 5. The van der Waals surface area contributed by atoms with Crippen molar-refractivity contribution in [1.29, 1.82) is 0 Å². The lowest BCUT2D eigenvalue weighted by Gasteiger charge is -2.38. The summed E-state index contributed by atoms with van der Waals surface area (Å²) >= 11 is 0. The monoisotopic (exact) mass is 296 g/mol. The number of nitro groups is 1. The van der Waals surface area contributed by atoms with Gasteiger partial charge in [0.25, 0.3) is 0 Å². The standard InChI is InChI=1S/C13H20N4O4/c1-4-16-11(10(17(20)21)9(2)14-16)15-7-5-6-13(3,8-15)12(18)19/h4-8H2,1-3H3,(H,18,19). The van der Waals surface area contributed by atoms with Crippen molar-refractivity contribution in [2.75, 3.05) is 18.0 Å². The Kier molecular flexibility index (Phi) is 3.89. The average Bonchev–Trinajstić information content (AvgIpc) is 2.75. The molecule has 1 saturated heterocycles. The van der Waals surface area contributed by atoms with E-state index < -0.39 is 16.3 Å². The van der Waals surface area contributed by atoms with Crippen LogP contribution in [0.3, 0.4) is 0 Å². The molecule has 8 nitrogen and oxygen atoms in total. The van der Waals surface area contributed by atoms with Crippen LogP contribution < -0.4 is 4.90 Å². The molecule has 1 aliphatic rings. The molecule has 0 saturated carbocycles. The Morgan fingerprint density at radius 3 is 2.76 bits per heavy atom. The van der Waals surface area contributed by atoms with E-state index in [2.05, 4.69) is 5.10 Å². The fraction of sp³-hybridized carbons (Fsp3) is 0.692. The Hall–Kier alpha value is -2.12. The topological polar surface area (TPSA) is 101 Å². The Labute approximate surface area is 122 Å². The van der Waals surface area contributed by atoms with E-state index >= 15 is 0 Å². The molecule has 0 bridgehead atoms. The second-order valence-corrected chi connectivity index (χ2v) is 5.72. The van der Waals surface area contributed by atoms with Gasteiger partial charge in [0.05, 0.1) is 10.3 Å². The molecule has 1 unspecified atom stereocenters. The van der Waals surface area contributed by atoms with Crippen LogP contribution in [0, 0.1) is 22.5 Å². The van der Waals surface area contributed by atoms with Crippen LogP contribution in [0.4, 0.5) is 11.5 Å². The summed E-state index contributed by atoms with van der Waals surface area (Å²) in [7, 11) is 0. The van der Waals surface area contributed by atoms with Crippen LogP contribution >= 0.6 is 0 Å². The van der Waals surface area contributed by atoms with Gasteiger partial charge in [0.15, 0.2) is 0 Å². The third-order valence-electron chi connectivity index (χ3n) is 4.06. The third kappa shape index (κ3) is 2.57. The summed E-state index contributed by atoms with van der Waals surface area (Å²) < 4.78 is 1.58. The maximum absolute atomic E-state index is 11.4. The number of nitrogens with zero attached hydrogens (tertiary/aromatic N) is 4. The number of carboxylic acid groups (broad SMARTS) is 1.